The first-order valence-electron chi connectivity index (χ1n) is 13.0. The van der Waals surface area contributed by atoms with Crippen LogP contribution in [-0.2, 0) is 9.53 Å². The number of ether oxygens (including phenoxy) is 1. The Bertz CT molecular complexity index is 943. The Balaban J connectivity index is 1.53. The number of aromatic nitrogens is 1. The summed E-state index contributed by atoms with van der Waals surface area (Å²) in [5.74, 6) is -0.176. The lowest BCUT2D eigenvalue weighted by molar-refractivity contribution is -0.315. The van der Waals surface area contributed by atoms with Gasteiger partial charge in [-0.05, 0) is 67.6 Å². The molecule has 1 aliphatic heterocycles. The molecular weight excluding hydrogens is 426 g/mol. The van der Waals surface area contributed by atoms with Crippen LogP contribution in [0.4, 0.5) is 0 Å². The van der Waals surface area contributed by atoms with E-state index in [0.717, 1.165) is 25.7 Å². The Kier molecular flexibility index (Phi) is 7.92. The number of carbonyl (C=O) groups is 2. The number of Topliss-reactive ketones (excluding diaryl/α,β-unsaturated/α-hetero) is 1. The van der Waals surface area contributed by atoms with Gasteiger partial charge < -0.3 is 19.6 Å². The molecule has 3 aliphatic rings. The summed E-state index contributed by atoms with van der Waals surface area (Å²) in [6, 6.07) is 3.77. The second-order valence-corrected chi connectivity index (χ2v) is 10.4. The Hall–Kier alpha value is -2.40. The van der Waals surface area contributed by atoms with E-state index < -0.39 is 11.9 Å². The van der Waals surface area contributed by atoms with Crippen molar-refractivity contribution in [1.29, 1.82) is 0 Å². The van der Waals surface area contributed by atoms with Gasteiger partial charge in [0.05, 0.1) is 17.9 Å². The molecule has 4 rings (SSSR count). The first kappa shape index (κ1) is 24.7. The minimum absolute atomic E-state index is 0.0379. The molecule has 1 aromatic heterocycles. The molecule has 0 amide bonds. The highest BCUT2D eigenvalue weighted by Crippen LogP contribution is 2.46. The van der Waals surface area contributed by atoms with Crippen LogP contribution in [0.15, 0.2) is 54.3 Å². The minimum Gasteiger partial charge on any atom is -0.550 e. The minimum atomic E-state index is -1.05. The molecule has 0 bridgehead atoms. The third-order valence-corrected chi connectivity index (χ3v) is 8.34. The van der Waals surface area contributed by atoms with E-state index in [9.17, 15) is 14.7 Å². The second kappa shape index (κ2) is 10.9. The van der Waals surface area contributed by atoms with Gasteiger partial charge in [-0.3, -0.25) is 4.79 Å². The van der Waals surface area contributed by atoms with E-state index in [1.54, 1.807) is 6.92 Å². The zero-order valence-electron chi connectivity index (χ0n) is 20.6. The van der Waals surface area contributed by atoms with Crippen LogP contribution < -0.4 is 5.11 Å². The smallest absolute Gasteiger partial charge is 0.183 e. The maximum Gasteiger partial charge on any atom is 0.183 e. The summed E-state index contributed by atoms with van der Waals surface area (Å²) < 4.78 is 6.29. The fraction of sp³-hybridized carbons (Fsp3) is 0.586. The van der Waals surface area contributed by atoms with Crippen LogP contribution in [0, 0.1) is 35.5 Å². The van der Waals surface area contributed by atoms with Gasteiger partial charge in [0.1, 0.15) is 0 Å². The molecule has 2 fully saturated rings. The summed E-state index contributed by atoms with van der Waals surface area (Å²) in [4.78, 5) is 27.9. The first-order valence-corrected chi connectivity index (χ1v) is 13.0. The average Bonchev–Trinajstić information content (AvgIpc) is 3.53. The van der Waals surface area contributed by atoms with Gasteiger partial charge in [0.2, 0.25) is 0 Å². The van der Waals surface area contributed by atoms with E-state index in [1.807, 2.05) is 18.3 Å². The number of aromatic amines is 1. The highest BCUT2D eigenvalue weighted by molar-refractivity contribution is 5.97. The van der Waals surface area contributed by atoms with Gasteiger partial charge in [-0.1, -0.05) is 57.6 Å². The van der Waals surface area contributed by atoms with Crippen molar-refractivity contribution in [3.8, 4) is 0 Å². The van der Waals surface area contributed by atoms with E-state index in [2.05, 4.69) is 49.2 Å². The maximum absolute atomic E-state index is 13.4. The van der Waals surface area contributed by atoms with Crippen LogP contribution in [0.2, 0.25) is 0 Å². The van der Waals surface area contributed by atoms with Crippen molar-refractivity contribution in [2.24, 2.45) is 35.5 Å². The lowest BCUT2D eigenvalue weighted by Crippen LogP contribution is -2.44. The number of carboxylic acid groups (broad SMARTS) is 1. The summed E-state index contributed by atoms with van der Waals surface area (Å²) in [7, 11) is 0. The molecule has 0 aromatic carbocycles. The van der Waals surface area contributed by atoms with Crippen molar-refractivity contribution in [3.05, 3.63) is 60.0 Å². The van der Waals surface area contributed by atoms with E-state index in [0.29, 0.717) is 23.4 Å². The lowest BCUT2D eigenvalue weighted by atomic mass is 9.69. The molecule has 8 atom stereocenters. The van der Waals surface area contributed by atoms with Crippen molar-refractivity contribution in [1.82, 2.24) is 4.98 Å². The molecule has 1 aromatic rings. The second-order valence-electron chi connectivity index (χ2n) is 10.4. The number of allylic oxidation sites excluding steroid dienone is 5. The third kappa shape index (κ3) is 5.14. The summed E-state index contributed by atoms with van der Waals surface area (Å²) in [5, 5.41) is 11.4. The van der Waals surface area contributed by atoms with E-state index in [-0.39, 0.29) is 29.8 Å². The predicted molar refractivity (Wildman–Crippen MR) is 131 cm³/mol. The molecule has 1 saturated heterocycles. The van der Waals surface area contributed by atoms with Crippen molar-refractivity contribution < 1.29 is 19.4 Å². The van der Waals surface area contributed by atoms with Gasteiger partial charge in [0.15, 0.2) is 5.78 Å². The summed E-state index contributed by atoms with van der Waals surface area (Å²) in [6.45, 7) is 5.96. The molecule has 0 spiro atoms. The van der Waals surface area contributed by atoms with Gasteiger partial charge in [0, 0.05) is 29.9 Å². The SMILES string of the molecule is CC/C(=C/C=C/[C@H]1C=C[C@H]2CCC[C@@H]2[C@@H]1C(=O)c1ccc[nH]1)[C@H]1O[C@@H]([C@H](C)C(=O)[O-])CC[C@@H]1C. The van der Waals surface area contributed by atoms with Gasteiger partial charge >= 0.3 is 0 Å². The van der Waals surface area contributed by atoms with Gasteiger partial charge in [-0.15, -0.1) is 0 Å². The highest BCUT2D eigenvalue weighted by atomic mass is 16.5. The number of H-pyrrole nitrogens is 1. The maximum atomic E-state index is 13.4. The zero-order valence-corrected chi connectivity index (χ0v) is 20.6. The number of hydrogen-bond acceptors (Lipinski definition) is 4. The summed E-state index contributed by atoms with van der Waals surface area (Å²) >= 11 is 0. The number of ketones is 1. The number of nitrogens with one attached hydrogen (secondary N) is 1. The zero-order chi connectivity index (χ0) is 24.2. The van der Waals surface area contributed by atoms with Crippen LogP contribution in [0.1, 0.15) is 69.8 Å². The largest absolute Gasteiger partial charge is 0.550 e. The van der Waals surface area contributed by atoms with E-state index in [4.69, 9.17) is 4.74 Å². The topological polar surface area (TPSA) is 82.2 Å². The molecule has 2 aliphatic carbocycles. The molecule has 1 N–H and O–H groups in total. The Morgan fingerprint density at radius 2 is 2.06 bits per heavy atom. The first-order chi connectivity index (χ1) is 16.4. The molecule has 0 radical (unpaired) electrons. The summed E-state index contributed by atoms with van der Waals surface area (Å²) in [6.07, 6.45) is 18.3. The van der Waals surface area contributed by atoms with E-state index in [1.165, 1.54) is 18.4 Å². The number of rotatable bonds is 8. The predicted octanol–water partition coefficient (Wildman–Crippen LogP) is 4.88. The van der Waals surface area contributed by atoms with Gasteiger partial charge in [0.25, 0.3) is 0 Å². The van der Waals surface area contributed by atoms with Crippen molar-refractivity contribution in [3.63, 3.8) is 0 Å². The number of carboxylic acids is 1. The Labute approximate surface area is 203 Å². The average molecular weight is 465 g/mol. The molecule has 2 heterocycles. The molecule has 34 heavy (non-hydrogen) atoms. The van der Waals surface area contributed by atoms with Crippen LogP contribution in [0.5, 0.6) is 0 Å². The fourth-order valence-corrected chi connectivity index (χ4v) is 6.26. The number of carbonyl (C=O) groups excluding carboxylic acids is 2. The molecule has 5 heteroatoms. The lowest BCUT2D eigenvalue weighted by Gasteiger charge is -2.39. The van der Waals surface area contributed by atoms with Gasteiger partial charge in [-0.2, -0.15) is 0 Å². The molecule has 184 valence electrons. The van der Waals surface area contributed by atoms with Crippen molar-refractivity contribution in [2.45, 2.75) is 71.5 Å². The Morgan fingerprint density at radius 1 is 1.24 bits per heavy atom. The molecule has 0 unspecified atom stereocenters. The van der Waals surface area contributed by atoms with Crippen LogP contribution in [-0.4, -0.2) is 28.9 Å². The summed E-state index contributed by atoms with van der Waals surface area (Å²) in [5.41, 5.74) is 1.87. The standard InChI is InChI=1S/C29H39NO4/c1-4-20(28-18(2)13-16-25(34-28)19(3)29(32)33)8-5-10-22-15-14-21-9-6-11-23(21)26(22)27(31)24-12-7-17-30-24/h5,7-8,10,12,14-15,17-19,21-23,25-26,28,30H,4,6,9,11,13,16H2,1-3H3,(H,32,33)/p-1/b10-5+,20-8-/t18-,19-,21+,22-,23-,25+,26+,28-/m0/s1. The van der Waals surface area contributed by atoms with Crippen molar-refractivity contribution >= 4 is 11.8 Å². The molecule has 1 saturated carbocycles. The van der Waals surface area contributed by atoms with Crippen LogP contribution in [0.25, 0.3) is 0 Å². The highest BCUT2D eigenvalue weighted by Gasteiger charge is 2.42. The van der Waals surface area contributed by atoms with Crippen LogP contribution in [0.3, 0.4) is 0 Å². The monoisotopic (exact) mass is 464 g/mol. The number of hydrogen-bond donors (Lipinski definition) is 1. The van der Waals surface area contributed by atoms with Crippen molar-refractivity contribution in [2.75, 3.05) is 0 Å². The Morgan fingerprint density at radius 3 is 2.76 bits per heavy atom. The third-order valence-electron chi connectivity index (χ3n) is 8.34. The number of aliphatic carboxylic acids is 1. The quantitative estimate of drug-likeness (QED) is 0.338. The number of fused-ring (bicyclic) bond motifs is 1. The van der Waals surface area contributed by atoms with E-state index >= 15 is 0 Å². The fourth-order valence-electron chi connectivity index (χ4n) is 6.26. The van der Waals surface area contributed by atoms with Gasteiger partial charge in [-0.25, -0.2) is 0 Å². The molecule has 5 nitrogen and oxygen atoms in total. The normalized spacial score (nSPS) is 34.8. The molecular formula is C29H38NO4-. The van der Waals surface area contributed by atoms with Crippen LogP contribution >= 0.6 is 0 Å².